The van der Waals surface area contributed by atoms with Crippen molar-refractivity contribution in [2.45, 2.75) is 60.7 Å². The maximum atomic E-state index is 12.2. The summed E-state index contributed by atoms with van der Waals surface area (Å²) >= 11 is 1.36. The van der Waals surface area contributed by atoms with Gasteiger partial charge >= 0.3 is 5.97 Å². The molecule has 11 heteroatoms. The van der Waals surface area contributed by atoms with E-state index < -0.39 is 5.97 Å². The molecule has 3 atom stereocenters. The van der Waals surface area contributed by atoms with Gasteiger partial charge in [-0.25, -0.2) is 19.7 Å². The van der Waals surface area contributed by atoms with Crippen molar-refractivity contribution in [2.75, 3.05) is 42.6 Å². The Morgan fingerprint density at radius 2 is 2.09 bits per heavy atom. The third kappa shape index (κ3) is 3.89. The molecule has 186 valence electrons. The predicted octanol–water partition coefficient (Wildman–Crippen LogP) is 2.41. The highest BCUT2D eigenvalue weighted by Crippen LogP contribution is 2.45. The van der Waals surface area contributed by atoms with Crippen LogP contribution in [0, 0.1) is 5.41 Å². The summed E-state index contributed by atoms with van der Waals surface area (Å²) in [6.45, 7) is 5.65. The molecule has 6 heterocycles. The molecule has 3 N–H and O–H groups in total. The van der Waals surface area contributed by atoms with Gasteiger partial charge in [-0.1, -0.05) is 11.8 Å². The molecule has 0 saturated carbocycles. The van der Waals surface area contributed by atoms with Crippen molar-refractivity contribution in [3.8, 4) is 5.75 Å². The quantitative estimate of drug-likeness (QED) is 0.645. The van der Waals surface area contributed by atoms with Gasteiger partial charge in [-0.3, -0.25) is 0 Å². The topological polar surface area (TPSA) is 127 Å². The molecule has 0 aromatic carbocycles. The highest BCUT2D eigenvalue weighted by molar-refractivity contribution is 7.99. The van der Waals surface area contributed by atoms with Crippen molar-refractivity contribution < 1.29 is 19.4 Å². The summed E-state index contributed by atoms with van der Waals surface area (Å²) in [6.07, 6.45) is 7.40. The van der Waals surface area contributed by atoms with Crippen LogP contribution >= 0.6 is 11.8 Å². The van der Waals surface area contributed by atoms with Gasteiger partial charge < -0.3 is 30.1 Å². The highest BCUT2D eigenvalue weighted by Gasteiger charge is 2.48. The van der Waals surface area contributed by atoms with Crippen LogP contribution in [0.5, 0.6) is 5.75 Å². The van der Waals surface area contributed by atoms with E-state index in [4.69, 9.17) is 15.2 Å². The normalized spacial score (nSPS) is 27.0. The molecule has 2 aromatic rings. The lowest BCUT2D eigenvalue weighted by Crippen LogP contribution is -2.51. The summed E-state index contributed by atoms with van der Waals surface area (Å²) in [5.74, 6) is 0.921. The Morgan fingerprint density at radius 3 is 2.83 bits per heavy atom. The number of pyridine rings is 1. The monoisotopic (exact) mass is 498 g/mol. The molecule has 6 rings (SSSR count). The minimum Gasteiger partial charge on any atom is -0.486 e. The van der Waals surface area contributed by atoms with Crippen molar-refractivity contribution >= 4 is 29.4 Å². The molecule has 10 nitrogen and oxygen atoms in total. The number of anilines is 2. The Kier molecular flexibility index (Phi) is 5.73. The average molecular weight is 499 g/mol. The Labute approximate surface area is 208 Å². The second-order valence-corrected chi connectivity index (χ2v) is 11.0. The number of carboxylic acids is 1. The third-order valence-electron chi connectivity index (χ3n) is 7.97. The highest BCUT2D eigenvalue weighted by atomic mass is 32.2. The molecule has 4 aliphatic rings. The fourth-order valence-corrected chi connectivity index (χ4v) is 6.69. The van der Waals surface area contributed by atoms with Crippen LogP contribution < -0.4 is 20.3 Å². The van der Waals surface area contributed by atoms with E-state index >= 15 is 0 Å². The van der Waals surface area contributed by atoms with Gasteiger partial charge in [-0.05, 0) is 38.7 Å². The second kappa shape index (κ2) is 8.79. The van der Waals surface area contributed by atoms with E-state index in [2.05, 4.69) is 19.9 Å². The van der Waals surface area contributed by atoms with E-state index in [-0.39, 0.29) is 23.3 Å². The van der Waals surface area contributed by atoms with Gasteiger partial charge in [0.05, 0.1) is 29.8 Å². The lowest BCUT2D eigenvalue weighted by molar-refractivity contribution is 0.0689. The number of piperidine rings is 1. The lowest BCUT2D eigenvalue weighted by Gasteiger charge is -2.41. The average Bonchev–Trinajstić information content (AvgIpc) is 3.46. The number of nitrogens with two attached hydrogens (primary N) is 1. The first kappa shape index (κ1) is 22.8. The van der Waals surface area contributed by atoms with Gasteiger partial charge in [-0.2, -0.15) is 0 Å². The van der Waals surface area contributed by atoms with E-state index in [1.54, 1.807) is 12.4 Å². The van der Waals surface area contributed by atoms with Crippen LogP contribution in [0.1, 0.15) is 43.1 Å². The Bertz CT molecular complexity index is 1140. The minimum absolute atomic E-state index is 0.00203. The zero-order valence-corrected chi connectivity index (χ0v) is 20.5. The zero-order chi connectivity index (χ0) is 24.2. The molecule has 1 spiro atoms. The number of ether oxygens (including phenoxy) is 2. The maximum Gasteiger partial charge on any atom is 0.358 e. The van der Waals surface area contributed by atoms with Crippen LogP contribution in [0.15, 0.2) is 28.4 Å². The number of hydrogen-bond donors (Lipinski definition) is 2. The first-order chi connectivity index (χ1) is 16.9. The number of aromatic nitrogens is 3. The molecule has 35 heavy (non-hydrogen) atoms. The molecule has 2 aromatic heterocycles. The number of aromatic carboxylic acids is 1. The van der Waals surface area contributed by atoms with Crippen molar-refractivity contribution in [3.05, 3.63) is 24.2 Å². The van der Waals surface area contributed by atoms with Gasteiger partial charge in [0.2, 0.25) is 0 Å². The van der Waals surface area contributed by atoms with Crippen molar-refractivity contribution in [1.29, 1.82) is 0 Å². The lowest BCUT2D eigenvalue weighted by atomic mass is 9.73. The minimum atomic E-state index is -1.09. The fraction of sp³-hybridized carbons (Fsp3) is 0.583. The van der Waals surface area contributed by atoms with Gasteiger partial charge in [0.25, 0.3) is 0 Å². The first-order valence-corrected chi connectivity index (χ1v) is 13.1. The Morgan fingerprint density at radius 1 is 1.26 bits per heavy atom. The van der Waals surface area contributed by atoms with Gasteiger partial charge in [0.1, 0.15) is 11.6 Å². The van der Waals surface area contributed by atoms with Crippen LogP contribution in [0.2, 0.25) is 0 Å². The predicted molar refractivity (Wildman–Crippen MR) is 130 cm³/mol. The zero-order valence-electron chi connectivity index (χ0n) is 19.7. The molecule has 3 fully saturated rings. The number of carbonyl (C=O) groups is 1. The Hall–Kier alpha value is -2.63. The van der Waals surface area contributed by atoms with Crippen LogP contribution in [0.3, 0.4) is 0 Å². The third-order valence-corrected chi connectivity index (χ3v) is 8.92. The summed E-state index contributed by atoms with van der Waals surface area (Å²) in [4.78, 5) is 31.0. The number of carboxylic acid groups (broad SMARTS) is 1. The summed E-state index contributed by atoms with van der Waals surface area (Å²) in [5.41, 5.74) is 6.36. The van der Waals surface area contributed by atoms with E-state index in [9.17, 15) is 9.90 Å². The number of nitrogens with zero attached hydrogens (tertiary/aromatic N) is 5. The van der Waals surface area contributed by atoms with E-state index in [0.29, 0.717) is 43.2 Å². The van der Waals surface area contributed by atoms with E-state index in [1.165, 1.54) is 11.8 Å². The van der Waals surface area contributed by atoms with Crippen LogP contribution in [0.4, 0.5) is 11.6 Å². The van der Waals surface area contributed by atoms with Crippen LogP contribution in [-0.4, -0.2) is 77.1 Å². The molecular weight excluding hydrogens is 468 g/mol. The van der Waals surface area contributed by atoms with E-state index in [1.807, 2.05) is 17.9 Å². The number of rotatable bonds is 4. The molecular formula is C24H30N6O4S. The van der Waals surface area contributed by atoms with Gasteiger partial charge in [-0.15, -0.1) is 0 Å². The summed E-state index contributed by atoms with van der Waals surface area (Å²) in [7, 11) is 0. The van der Waals surface area contributed by atoms with Crippen molar-refractivity contribution in [3.63, 3.8) is 0 Å². The number of fused-ring (bicyclic) bond motifs is 3. The summed E-state index contributed by atoms with van der Waals surface area (Å²) < 4.78 is 11.9. The van der Waals surface area contributed by atoms with Crippen molar-refractivity contribution in [2.24, 2.45) is 11.1 Å². The SMILES string of the molecule is C[C@@H]1OCC2(CCN(c3ncc(Sc4ccnc5c4OC[C@@H]4CCCN54)nc3C(=O)O)CC2)[C@@H]1N. The van der Waals surface area contributed by atoms with Crippen LogP contribution in [-0.2, 0) is 4.74 Å². The van der Waals surface area contributed by atoms with Gasteiger partial charge in [0.15, 0.2) is 23.1 Å². The molecule has 0 radical (unpaired) electrons. The smallest absolute Gasteiger partial charge is 0.358 e. The summed E-state index contributed by atoms with van der Waals surface area (Å²) in [5, 5.41) is 10.5. The number of hydrogen-bond acceptors (Lipinski definition) is 10. The van der Waals surface area contributed by atoms with E-state index in [0.717, 1.165) is 48.7 Å². The molecule has 3 saturated heterocycles. The molecule has 0 unspecified atom stereocenters. The Balaban J connectivity index is 1.23. The molecule has 4 aliphatic heterocycles. The van der Waals surface area contributed by atoms with Crippen molar-refractivity contribution in [1.82, 2.24) is 15.0 Å². The second-order valence-electron chi connectivity index (χ2n) is 9.94. The molecule has 0 amide bonds. The maximum absolute atomic E-state index is 12.2. The molecule has 0 bridgehead atoms. The first-order valence-electron chi connectivity index (χ1n) is 12.2. The van der Waals surface area contributed by atoms with Gasteiger partial charge in [0, 0.05) is 37.3 Å². The molecule has 0 aliphatic carbocycles. The standard InChI is InChI=1S/C24H30N6O4S/c1-14-20(25)24(13-34-14)5-9-29(10-6-24)21-18(23(31)32)28-17(11-27-21)35-16-4-7-26-22-19(16)33-12-15-3-2-8-30(15)22/h4,7,11,14-15,20H,2-3,5-6,8-10,12-13,25H2,1H3,(H,31,32)/t14-,15-,20+/m0/s1. The van der Waals surface area contributed by atoms with Crippen LogP contribution in [0.25, 0.3) is 0 Å². The fourth-order valence-electron chi connectivity index (χ4n) is 5.85. The summed E-state index contributed by atoms with van der Waals surface area (Å²) in [6, 6.07) is 2.26. The largest absolute Gasteiger partial charge is 0.486 e.